The molecule has 20 heavy (non-hydrogen) atoms. The summed E-state index contributed by atoms with van der Waals surface area (Å²) in [5.41, 5.74) is 4.47. The molecule has 0 saturated heterocycles. The lowest BCUT2D eigenvalue weighted by Gasteiger charge is -2.22. The fraction of sp³-hybridized carbons (Fsp3) is 0.353. The second-order valence-corrected chi connectivity index (χ2v) is 6.37. The first-order chi connectivity index (χ1) is 9.65. The first kappa shape index (κ1) is 13.4. The van der Waals surface area contributed by atoms with Crippen LogP contribution in [0.2, 0.25) is 0 Å². The zero-order valence-corrected chi connectivity index (χ0v) is 12.7. The summed E-state index contributed by atoms with van der Waals surface area (Å²) < 4.78 is 0. The highest BCUT2D eigenvalue weighted by molar-refractivity contribution is 7.07. The van der Waals surface area contributed by atoms with Crippen LogP contribution in [0, 0.1) is 13.8 Å². The molecule has 0 unspecified atom stereocenters. The van der Waals surface area contributed by atoms with E-state index in [9.17, 15) is 4.79 Å². The van der Waals surface area contributed by atoms with Crippen molar-refractivity contribution in [2.24, 2.45) is 0 Å². The van der Waals surface area contributed by atoms with Crippen LogP contribution in [0.15, 0.2) is 35.0 Å². The van der Waals surface area contributed by atoms with Crippen LogP contribution in [0.4, 0.5) is 0 Å². The fourth-order valence-electron chi connectivity index (χ4n) is 2.37. The number of carbonyl (C=O) groups is 1. The molecule has 104 valence electrons. The molecule has 2 aromatic rings. The van der Waals surface area contributed by atoms with Crippen molar-refractivity contribution >= 4 is 17.2 Å². The SMILES string of the molecule is Cc1ccc(C(=O)N(Cc2ccsc2)C2CC2)cc1C. The minimum absolute atomic E-state index is 0.168. The molecule has 1 aliphatic rings. The van der Waals surface area contributed by atoms with E-state index in [1.54, 1.807) is 11.3 Å². The van der Waals surface area contributed by atoms with Crippen molar-refractivity contribution in [1.82, 2.24) is 4.90 Å². The van der Waals surface area contributed by atoms with Gasteiger partial charge in [0.1, 0.15) is 0 Å². The molecule has 0 spiro atoms. The summed E-state index contributed by atoms with van der Waals surface area (Å²) >= 11 is 1.69. The van der Waals surface area contributed by atoms with Gasteiger partial charge in [-0.3, -0.25) is 4.79 Å². The Balaban J connectivity index is 1.83. The van der Waals surface area contributed by atoms with Crippen LogP contribution >= 0.6 is 11.3 Å². The molecule has 3 heteroatoms. The number of thiophene rings is 1. The summed E-state index contributed by atoms with van der Waals surface area (Å²) in [7, 11) is 0. The summed E-state index contributed by atoms with van der Waals surface area (Å²) in [6.45, 7) is 4.87. The van der Waals surface area contributed by atoms with E-state index in [0.29, 0.717) is 6.04 Å². The maximum atomic E-state index is 12.7. The molecule has 1 saturated carbocycles. The maximum absolute atomic E-state index is 12.7. The second kappa shape index (κ2) is 5.41. The quantitative estimate of drug-likeness (QED) is 0.825. The van der Waals surface area contributed by atoms with E-state index in [4.69, 9.17) is 0 Å². The largest absolute Gasteiger partial charge is 0.331 e. The molecule has 1 amide bonds. The molecule has 1 heterocycles. The van der Waals surface area contributed by atoms with Crippen molar-refractivity contribution < 1.29 is 4.79 Å². The van der Waals surface area contributed by atoms with E-state index in [1.807, 2.05) is 23.1 Å². The second-order valence-electron chi connectivity index (χ2n) is 5.59. The number of aryl methyl sites for hydroxylation is 2. The van der Waals surface area contributed by atoms with Gasteiger partial charge in [0.05, 0.1) is 0 Å². The third kappa shape index (κ3) is 2.78. The Hall–Kier alpha value is -1.61. The predicted octanol–water partition coefficient (Wildman–Crippen LogP) is 4.17. The van der Waals surface area contributed by atoms with Gasteiger partial charge in [-0.15, -0.1) is 0 Å². The van der Waals surface area contributed by atoms with E-state index in [1.165, 1.54) is 16.7 Å². The van der Waals surface area contributed by atoms with E-state index in [0.717, 1.165) is 24.9 Å². The third-order valence-electron chi connectivity index (χ3n) is 3.94. The summed E-state index contributed by atoms with van der Waals surface area (Å²) in [5.74, 6) is 0.168. The van der Waals surface area contributed by atoms with Gasteiger partial charge in [0.25, 0.3) is 5.91 Å². The van der Waals surface area contributed by atoms with Crippen LogP contribution in [0.5, 0.6) is 0 Å². The standard InChI is InChI=1S/C17H19NOS/c1-12-3-4-15(9-13(12)2)17(19)18(16-5-6-16)10-14-7-8-20-11-14/h3-4,7-9,11,16H,5-6,10H2,1-2H3. The highest BCUT2D eigenvalue weighted by atomic mass is 32.1. The molecule has 3 rings (SSSR count). The summed E-state index contributed by atoms with van der Waals surface area (Å²) in [6, 6.07) is 8.55. The van der Waals surface area contributed by atoms with Crippen LogP contribution in [0.25, 0.3) is 0 Å². The number of carbonyl (C=O) groups excluding carboxylic acids is 1. The van der Waals surface area contributed by atoms with Gasteiger partial charge >= 0.3 is 0 Å². The number of rotatable bonds is 4. The smallest absolute Gasteiger partial charge is 0.254 e. The van der Waals surface area contributed by atoms with Gasteiger partial charge in [0.15, 0.2) is 0 Å². The van der Waals surface area contributed by atoms with Gasteiger partial charge in [0.2, 0.25) is 0 Å². The fourth-order valence-corrected chi connectivity index (χ4v) is 3.03. The number of benzene rings is 1. The molecule has 0 bridgehead atoms. The summed E-state index contributed by atoms with van der Waals surface area (Å²) in [4.78, 5) is 14.8. The number of hydrogen-bond acceptors (Lipinski definition) is 2. The Labute approximate surface area is 124 Å². The highest BCUT2D eigenvalue weighted by Gasteiger charge is 2.33. The van der Waals surface area contributed by atoms with Gasteiger partial charge in [-0.25, -0.2) is 0 Å². The average molecular weight is 285 g/mol. The van der Waals surface area contributed by atoms with Crippen molar-refractivity contribution in [3.63, 3.8) is 0 Å². The monoisotopic (exact) mass is 285 g/mol. The van der Waals surface area contributed by atoms with Crippen molar-refractivity contribution in [2.75, 3.05) is 0 Å². The van der Waals surface area contributed by atoms with Gasteiger partial charge in [-0.2, -0.15) is 11.3 Å². The Morgan fingerprint density at radius 3 is 2.65 bits per heavy atom. The number of nitrogens with zero attached hydrogens (tertiary/aromatic N) is 1. The molecule has 0 atom stereocenters. The Kier molecular flexibility index (Phi) is 3.62. The Morgan fingerprint density at radius 2 is 2.05 bits per heavy atom. The predicted molar refractivity (Wildman–Crippen MR) is 83.1 cm³/mol. The topological polar surface area (TPSA) is 20.3 Å². The molecule has 0 radical (unpaired) electrons. The van der Waals surface area contributed by atoms with E-state index in [2.05, 4.69) is 30.7 Å². The average Bonchev–Trinajstić information content (AvgIpc) is 3.15. The molecule has 0 N–H and O–H groups in total. The lowest BCUT2D eigenvalue weighted by Crippen LogP contribution is -2.32. The van der Waals surface area contributed by atoms with Crippen LogP contribution in [0.1, 0.15) is 39.9 Å². The third-order valence-corrected chi connectivity index (χ3v) is 4.67. The Bertz CT molecular complexity index is 614. The number of amides is 1. The summed E-state index contributed by atoms with van der Waals surface area (Å²) in [6.07, 6.45) is 2.28. The van der Waals surface area contributed by atoms with E-state index >= 15 is 0 Å². The minimum Gasteiger partial charge on any atom is -0.331 e. The molecule has 1 fully saturated rings. The zero-order chi connectivity index (χ0) is 14.1. The first-order valence-corrected chi connectivity index (χ1v) is 7.99. The molecular weight excluding hydrogens is 266 g/mol. The maximum Gasteiger partial charge on any atom is 0.254 e. The molecule has 0 aliphatic heterocycles. The zero-order valence-electron chi connectivity index (χ0n) is 11.9. The van der Waals surface area contributed by atoms with Crippen molar-refractivity contribution in [2.45, 2.75) is 39.3 Å². The summed E-state index contributed by atoms with van der Waals surface area (Å²) in [5, 5.41) is 4.20. The van der Waals surface area contributed by atoms with Crippen molar-refractivity contribution in [1.29, 1.82) is 0 Å². The first-order valence-electron chi connectivity index (χ1n) is 7.04. The van der Waals surface area contributed by atoms with E-state index < -0.39 is 0 Å². The minimum atomic E-state index is 0.168. The Morgan fingerprint density at radius 1 is 1.25 bits per heavy atom. The molecule has 2 nitrogen and oxygen atoms in total. The van der Waals surface area contributed by atoms with Gasteiger partial charge < -0.3 is 4.90 Å². The lowest BCUT2D eigenvalue weighted by atomic mass is 10.1. The van der Waals surface area contributed by atoms with Crippen molar-refractivity contribution in [3.05, 3.63) is 57.3 Å². The number of hydrogen-bond donors (Lipinski definition) is 0. The molecule has 1 aromatic heterocycles. The van der Waals surface area contributed by atoms with Gasteiger partial charge in [-0.1, -0.05) is 6.07 Å². The van der Waals surface area contributed by atoms with Gasteiger partial charge in [0, 0.05) is 18.2 Å². The lowest BCUT2D eigenvalue weighted by molar-refractivity contribution is 0.0730. The molecule has 1 aliphatic carbocycles. The highest BCUT2D eigenvalue weighted by Crippen LogP contribution is 2.30. The normalized spacial score (nSPS) is 14.3. The molecular formula is C17H19NOS. The van der Waals surface area contributed by atoms with E-state index in [-0.39, 0.29) is 5.91 Å². The van der Waals surface area contributed by atoms with Crippen molar-refractivity contribution in [3.8, 4) is 0 Å². The van der Waals surface area contributed by atoms with Crippen LogP contribution in [0.3, 0.4) is 0 Å². The van der Waals surface area contributed by atoms with Crippen LogP contribution < -0.4 is 0 Å². The molecule has 1 aromatic carbocycles. The van der Waals surface area contributed by atoms with Crippen LogP contribution in [-0.2, 0) is 6.54 Å². The van der Waals surface area contributed by atoms with Gasteiger partial charge in [-0.05, 0) is 72.3 Å². The van der Waals surface area contributed by atoms with Crippen LogP contribution in [-0.4, -0.2) is 16.8 Å².